The Hall–Kier alpha value is -1.92. The smallest absolute Gasteiger partial charge is 0.350 e. The van der Waals surface area contributed by atoms with Crippen LogP contribution >= 0.6 is 22.9 Å². The number of benzene rings is 1. The van der Waals surface area contributed by atoms with E-state index in [1.165, 1.54) is 0 Å². The third-order valence-corrected chi connectivity index (χ3v) is 3.98. The summed E-state index contributed by atoms with van der Waals surface area (Å²) in [5.74, 6) is -0.810. The number of aryl methyl sites for hydroxylation is 1. The van der Waals surface area contributed by atoms with Crippen LogP contribution in [-0.2, 0) is 4.74 Å². The van der Waals surface area contributed by atoms with Crippen molar-refractivity contribution in [2.45, 2.75) is 13.8 Å². The second-order valence-electron chi connectivity index (χ2n) is 4.09. The summed E-state index contributed by atoms with van der Waals surface area (Å²) in [4.78, 5) is 28.3. The number of carbonyl (C=O) groups is 2. The summed E-state index contributed by atoms with van der Waals surface area (Å²) in [5, 5.41) is 3.32. The summed E-state index contributed by atoms with van der Waals surface area (Å²) in [6.45, 7) is 3.71. The highest BCUT2D eigenvalue weighted by Gasteiger charge is 2.18. The minimum atomic E-state index is -0.439. The van der Waals surface area contributed by atoms with E-state index in [1.54, 1.807) is 38.1 Å². The number of halogens is 1. The summed E-state index contributed by atoms with van der Waals surface area (Å²) < 4.78 is 4.93. The van der Waals surface area contributed by atoms with Crippen LogP contribution in [0.1, 0.15) is 32.6 Å². The fourth-order valence-electron chi connectivity index (χ4n) is 1.65. The van der Waals surface area contributed by atoms with E-state index in [9.17, 15) is 9.59 Å². The number of thiazole rings is 1. The molecule has 0 atom stereocenters. The van der Waals surface area contributed by atoms with E-state index in [4.69, 9.17) is 16.3 Å². The lowest BCUT2D eigenvalue weighted by atomic mass is 10.2. The molecule has 1 heterocycles. The van der Waals surface area contributed by atoms with Crippen molar-refractivity contribution in [3.63, 3.8) is 0 Å². The molecule has 110 valence electrons. The molecule has 1 N–H and O–H groups in total. The van der Waals surface area contributed by atoms with Gasteiger partial charge in [-0.05, 0) is 26.0 Å². The van der Waals surface area contributed by atoms with Gasteiger partial charge in [-0.3, -0.25) is 10.1 Å². The number of nitrogens with one attached hydrogen (secondary N) is 1. The van der Waals surface area contributed by atoms with Gasteiger partial charge < -0.3 is 4.74 Å². The van der Waals surface area contributed by atoms with Crippen LogP contribution in [0.25, 0.3) is 0 Å². The van der Waals surface area contributed by atoms with Crippen LogP contribution in [0.5, 0.6) is 0 Å². The lowest BCUT2D eigenvalue weighted by Gasteiger charge is -2.03. The van der Waals surface area contributed by atoms with E-state index in [0.29, 0.717) is 26.3 Å². The molecule has 7 heteroatoms. The van der Waals surface area contributed by atoms with Crippen LogP contribution in [0.4, 0.5) is 5.13 Å². The van der Waals surface area contributed by atoms with Gasteiger partial charge in [0.1, 0.15) is 4.88 Å². The summed E-state index contributed by atoms with van der Waals surface area (Å²) in [5.41, 5.74) is 0.873. The fraction of sp³-hybridized carbons (Fsp3) is 0.214. The van der Waals surface area contributed by atoms with E-state index in [-0.39, 0.29) is 12.5 Å². The number of carbonyl (C=O) groups excluding carboxylic acids is 2. The van der Waals surface area contributed by atoms with Gasteiger partial charge in [-0.1, -0.05) is 35.1 Å². The summed E-state index contributed by atoms with van der Waals surface area (Å²) in [6, 6.07) is 6.71. The molecule has 1 aromatic heterocycles. The number of hydrogen-bond acceptors (Lipinski definition) is 5. The summed E-state index contributed by atoms with van der Waals surface area (Å²) >= 11 is 7.04. The molecule has 0 saturated carbocycles. The predicted octanol–water partition coefficient (Wildman–Crippen LogP) is 3.53. The Morgan fingerprint density at radius 3 is 2.76 bits per heavy atom. The zero-order chi connectivity index (χ0) is 15.4. The maximum atomic E-state index is 12.1. The number of hydrogen-bond donors (Lipinski definition) is 1. The molecule has 0 radical (unpaired) electrons. The van der Waals surface area contributed by atoms with Crippen molar-refractivity contribution in [1.29, 1.82) is 0 Å². The van der Waals surface area contributed by atoms with Gasteiger partial charge in [0, 0.05) is 0 Å². The first kappa shape index (κ1) is 15.5. The minimum Gasteiger partial charge on any atom is -0.462 e. The minimum absolute atomic E-state index is 0.289. The van der Waals surface area contributed by atoms with Crippen LogP contribution in [-0.4, -0.2) is 23.5 Å². The molecule has 2 aromatic rings. The molecular formula is C14H13ClN2O3S. The van der Waals surface area contributed by atoms with Crippen LogP contribution in [0, 0.1) is 6.92 Å². The Kier molecular flexibility index (Phi) is 4.93. The fourth-order valence-corrected chi connectivity index (χ4v) is 2.72. The molecule has 0 saturated heterocycles. The highest BCUT2D eigenvalue weighted by atomic mass is 35.5. The normalized spacial score (nSPS) is 10.2. The van der Waals surface area contributed by atoms with Crippen molar-refractivity contribution >= 4 is 39.9 Å². The largest absolute Gasteiger partial charge is 0.462 e. The van der Waals surface area contributed by atoms with Crippen LogP contribution in [0.3, 0.4) is 0 Å². The Labute approximate surface area is 130 Å². The van der Waals surface area contributed by atoms with E-state index < -0.39 is 5.97 Å². The molecule has 0 aliphatic heterocycles. The van der Waals surface area contributed by atoms with Crippen molar-refractivity contribution in [3.05, 3.63) is 45.4 Å². The number of aromatic nitrogens is 1. The van der Waals surface area contributed by atoms with Gasteiger partial charge in [0.15, 0.2) is 5.13 Å². The lowest BCUT2D eigenvalue weighted by Crippen LogP contribution is -2.12. The average Bonchev–Trinajstić information content (AvgIpc) is 2.80. The molecule has 0 bridgehead atoms. The number of ether oxygens (including phenoxy) is 1. The highest BCUT2D eigenvalue weighted by Crippen LogP contribution is 2.24. The third-order valence-electron chi connectivity index (χ3n) is 2.60. The number of nitrogens with zero attached hydrogens (tertiary/aromatic N) is 1. The van der Waals surface area contributed by atoms with Gasteiger partial charge in [0.25, 0.3) is 5.91 Å². The molecule has 1 aromatic carbocycles. The molecule has 2 rings (SSSR count). The maximum Gasteiger partial charge on any atom is 0.350 e. The number of amides is 1. The van der Waals surface area contributed by atoms with Crippen molar-refractivity contribution in [3.8, 4) is 0 Å². The zero-order valence-corrected chi connectivity index (χ0v) is 13.0. The molecule has 5 nitrogen and oxygen atoms in total. The molecule has 0 aliphatic carbocycles. The van der Waals surface area contributed by atoms with Crippen molar-refractivity contribution < 1.29 is 14.3 Å². The van der Waals surface area contributed by atoms with Gasteiger partial charge in [-0.25, -0.2) is 9.78 Å². The Bertz CT molecular complexity index is 685. The van der Waals surface area contributed by atoms with Gasteiger partial charge in [0.2, 0.25) is 0 Å². The Morgan fingerprint density at radius 2 is 2.10 bits per heavy atom. The van der Waals surface area contributed by atoms with Gasteiger partial charge in [-0.15, -0.1) is 0 Å². The lowest BCUT2D eigenvalue weighted by molar-refractivity contribution is 0.0531. The molecule has 0 unspecified atom stereocenters. The molecule has 0 aliphatic rings. The monoisotopic (exact) mass is 324 g/mol. The van der Waals surface area contributed by atoms with Crippen molar-refractivity contribution in [2.75, 3.05) is 11.9 Å². The Morgan fingerprint density at radius 1 is 1.38 bits per heavy atom. The summed E-state index contributed by atoms with van der Waals surface area (Å²) in [6.07, 6.45) is 0. The number of esters is 1. The van der Waals surface area contributed by atoms with Crippen molar-refractivity contribution in [1.82, 2.24) is 4.98 Å². The number of rotatable bonds is 4. The Balaban J connectivity index is 2.17. The van der Waals surface area contributed by atoms with Gasteiger partial charge in [0.05, 0.1) is 22.9 Å². The van der Waals surface area contributed by atoms with E-state index in [2.05, 4.69) is 10.3 Å². The first-order valence-electron chi connectivity index (χ1n) is 6.23. The first-order valence-corrected chi connectivity index (χ1v) is 7.42. The van der Waals surface area contributed by atoms with Crippen LogP contribution in [0.2, 0.25) is 5.02 Å². The zero-order valence-electron chi connectivity index (χ0n) is 11.5. The topological polar surface area (TPSA) is 68.3 Å². The van der Waals surface area contributed by atoms with Gasteiger partial charge >= 0.3 is 5.97 Å². The standard InChI is InChI=1S/C14H13ClN2O3S/c1-3-20-13(19)11-8(2)16-14(21-11)17-12(18)9-6-4-5-7-10(9)15/h4-7H,3H2,1-2H3,(H,16,17,18). The maximum absolute atomic E-state index is 12.1. The van der Waals surface area contributed by atoms with E-state index in [0.717, 1.165) is 11.3 Å². The first-order chi connectivity index (χ1) is 10.0. The van der Waals surface area contributed by atoms with E-state index in [1.807, 2.05) is 0 Å². The molecular weight excluding hydrogens is 312 g/mol. The SMILES string of the molecule is CCOC(=O)c1sc(NC(=O)c2ccccc2Cl)nc1C. The van der Waals surface area contributed by atoms with Crippen LogP contribution < -0.4 is 5.32 Å². The molecule has 0 fully saturated rings. The third kappa shape index (κ3) is 3.59. The van der Waals surface area contributed by atoms with Gasteiger partial charge in [-0.2, -0.15) is 0 Å². The quantitative estimate of drug-likeness (QED) is 0.873. The average molecular weight is 325 g/mol. The van der Waals surface area contributed by atoms with Crippen LogP contribution in [0.15, 0.2) is 24.3 Å². The van der Waals surface area contributed by atoms with Crippen molar-refractivity contribution in [2.24, 2.45) is 0 Å². The molecule has 1 amide bonds. The highest BCUT2D eigenvalue weighted by molar-refractivity contribution is 7.17. The predicted molar refractivity (Wildman–Crippen MR) is 82.2 cm³/mol. The second kappa shape index (κ2) is 6.69. The molecule has 21 heavy (non-hydrogen) atoms. The summed E-state index contributed by atoms with van der Waals surface area (Å²) in [7, 11) is 0. The van der Waals surface area contributed by atoms with E-state index >= 15 is 0 Å². The number of anilines is 1. The second-order valence-corrected chi connectivity index (χ2v) is 5.49. The molecule has 0 spiro atoms.